The van der Waals surface area contributed by atoms with Gasteiger partial charge in [0.1, 0.15) is 11.5 Å². The Morgan fingerprint density at radius 2 is 1.84 bits per heavy atom. The maximum atomic E-state index is 13.6. The molecule has 25 heavy (non-hydrogen) atoms. The predicted molar refractivity (Wildman–Crippen MR) is 95.6 cm³/mol. The lowest BCUT2D eigenvalue weighted by Gasteiger charge is -2.09. The molecule has 5 nitrogen and oxygen atoms in total. The average molecular weight is 336 g/mol. The molecule has 0 fully saturated rings. The zero-order chi connectivity index (χ0) is 17.8. The topological polar surface area (TPSA) is 66.9 Å². The highest BCUT2D eigenvalue weighted by molar-refractivity contribution is 6.03. The first-order valence-corrected chi connectivity index (χ1v) is 7.76. The Hall–Kier alpha value is -3.28. The molecule has 126 valence electrons. The molecule has 1 aromatic heterocycles. The van der Waals surface area contributed by atoms with Gasteiger partial charge in [-0.2, -0.15) is 0 Å². The van der Waals surface area contributed by atoms with Crippen LogP contribution in [-0.4, -0.2) is 15.9 Å². The molecule has 0 aliphatic heterocycles. The molecule has 0 saturated carbocycles. The highest BCUT2D eigenvalue weighted by atomic mass is 19.1. The van der Waals surface area contributed by atoms with Crippen LogP contribution >= 0.6 is 0 Å². The molecule has 2 N–H and O–H groups in total. The van der Waals surface area contributed by atoms with Gasteiger partial charge in [0.2, 0.25) is 5.95 Å². The molecule has 0 unspecified atom stereocenters. The second-order valence-corrected chi connectivity index (χ2v) is 5.62. The molecule has 0 atom stereocenters. The molecule has 3 rings (SSSR count). The van der Waals surface area contributed by atoms with E-state index in [1.165, 1.54) is 30.0 Å². The number of nitrogens with one attached hydrogen (secondary N) is 2. The van der Waals surface area contributed by atoms with Crippen molar-refractivity contribution in [2.45, 2.75) is 13.8 Å². The number of nitrogens with zero attached hydrogens (tertiary/aromatic N) is 2. The Balaban J connectivity index is 1.77. The standard InChI is InChI=1S/C19H17FN4O/c1-12-7-8-14(11-13(12)2)22-19-21-10-9-17(24-19)18(25)23-16-6-4-3-5-15(16)20/h3-11H,1-2H3,(H,23,25)(H,21,22,24). The maximum Gasteiger partial charge on any atom is 0.274 e. The van der Waals surface area contributed by atoms with Crippen molar-refractivity contribution in [1.82, 2.24) is 9.97 Å². The van der Waals surface area contributed by atoms with E-state index in [4.69, 9.17) is 0 Å². The second kappa shape index (κ2) is 7.09. The number of rotatable bonds is 4. The third-order valence-corrected chi connectivity index (χ3v) is 3.77. The molecule has 0 aliphatic carbocycles. The molecular weight excluding hydrogens is 319 g/mol. The molecule has 0 bridgehead atoms. The zero-order valence-corrected chi connectivity index (χ0v) is 13.9. The number of para-hydroxylation sites is 1. The van der Waals surface area contributed by atoms with Gasteiger partial charge in [-0.15, -0.1) is 0 Å². The fraction of sp³-hybridized carbons (Fsp3) is 0.105. The van der Waals surface area contributed by atoms with Crippen LogP contribution in [0, 0.1) is 19.7 Å². The third-order valence-electron chi connectivity index (χ3n) is 3.77. The molecule has 2 aromatic carbocycles. The summed E-state index contributed by atoms with van der Waals surface area (Å²) in [6.07, 6.45) is 1.48. The van der Waals surface area contributed by atoms with Crippen molar-refractivity contribution in [3.8, 4) is 0 Å². The molecule has 0 aliphatic rings. The first-order valence-electron chi connectivity index (χ1n) is 7.76. The summed E-state index contributed by atoms with van der Waals surface area (Å²) in [6, 6.07) is 13.3. The van der Waals surface area contributed by atoms with Gasteiger partial charge in [-0.25, -0.2) is 14.4 Å². The molecule has 1 heterocycles. The van der Waals surface area contributed by atoms with Crippen LogP contribution in [0.5, 0.6) is 0 Å². The summed E-state index contributed by atoms with van der Waals surface area (Å²) in [6.45, 7) is 4.04. The number of aryl methyl sites for hydroxylation is 2. The second-order valence-electron chi connectivity index (χ2n) is 5.62. The van der Waals surface area contributed by atoms with Crippen LogP contribution in [-0.2, 0) is 0 Å². The largest absolute Gasteiger partial charge is 0.324 e. The van der Waals surface area contributed by atoms with Gasteiger partial charge in [-0.05, 0) is 55.3 Å². The predicted octanol–water partition coefficient (Wildman–Crippen LogP) is 4.23. The quantitative estimate of drug-likeness (QED) is 0.748. The smallest absolute Gasteiger partial charge is 0.274 e. The Labute approximate surface area is 145 Å². The van der Waals surface area contributed by atoms with Gasteiger partial charge in [-0.1, -0.05) is 18.2 Å². The number of amides is 1. The zero-order valence-electron chi connectivity index (χ0n) is 13.9. The van der Waals surface area contributed by atoms with Crippen LogP contribution in [0.25, 0.3) is 0 Å². The lowest BCUT2D eigenvalue weighted by Crippen LogP contribution is -2.15. The molecule has 3 aromatic rings. The van der Waals surface area contributed by atoms with E-state index in [9.17, 15) is 9.18 Å². The number of benzene rings is 2. The first-order chi connectivity index (χ1) is 12.0. The number of hydrogen-bond donors (Lipinski definition) is 2. The fourth-order valence-corrected chi connectivity index (χ4v) is 2.24. The van der Waals surface area contributed by atoms with Gasteiger partial charge in [0, 0.05) is 11.9 Å². The Morgan fingerprint density at radius 3 is 2.60 bits per heavy atom. The van der Waals surface area contributed by atoms with Gasteiger partial charge in [0.25, 0.3) is 5.91 Å². The van der Waals surface area contributed by atoms with E-state index in [-0.39, 0.29) is 11.4 Å². The number of carbonyl (C=O) groups is 1. The van der Waals surface area contributed by atoms with Crippen molar-refractivity contribution in [3.63, 3.8) is 0 Å². The van der Waals surface area contributed by atoms with Gasteiger partial charge >= 0.3 is 0 Å². The Kier molecular flexibility index (Phi) is 4.70. The van der Waals surface area contributed by atoms with Crippen LogP contribution in [0.15, 0.2) is 54.7 Å². The van der Waals surface area contributed by atoms with Crippen LogP contribution in [0.3, 0.4) is 0 Å². The van der Waals surface area contributed by atoms with Gasteiger partial charge in [-0.3, -0.25) is 4.79 Å². The van der Waals surface area contributed by atoms with Crippen molar-refractivity contribution in [3.05, 3.63) is 77.4 Å². The molecule has 0 saturated heterocycles. The maximum absolute atomic E-state index is 13.6. The van der Waals surface area contributed by atoms with Crippen molar-refractivity contribution < 1.29 is 9.18 Å². The van der Waals surface area contributed by atoms with E-state index in [0.29, 0.717) is 5.95 Å². The van der Waals surface area contributed by atoms with E-state index < -0.39 is 11.7 Å². The lowest BCUT2D eigenvalue weighted by molar-refractivity contribution is 0.102. The summed E-state index contributed by atoms with van der Waals surface area (Å²) in [5, 5.41) is 5.57. The van der Waals surface area contributed by atoms with Crippen molar-refractivity contribution in [2.75, 3.05) is 10.6 Å². The van der Waals surface area contributed by atoms with Gasteiger partial charge in [0.15, 0.2) is 0 Å². The van der Waals surface area contributed by atoms with Crippen LogP contribution < -0.4 is 10.6 Å². The lowest BCUT2D eigenvalue weighted by atomic mass is 10.1. The van der Waals surface area contributed by atoms with Gasteiger partial charge in [0.05, 0.1) is 5.69 Å². The SMILES string of the molecule is Cc1ccc(Nc2nccc(C(=O)Nc3ccccc3F)n2)cc1C. The normalized spacial score (nSPS) is 10.4. The van der Waals surface area contributed by atoms with E-state index in [0.717, 1.165) is 11.3 Å². The molecule has 0 spiro atoms. The van der Waals surface area contributed by atoms with Crippen LogP contribution in [0.2, 0.25) is 0 Å². The number of aromatic nitrogens is 2. The van der Waals surface area contributed by atoms with E-state index in [2.05, 4.69) is 20.6 Å². The number of anilines is 3. The van der Waals surface area contributed by atoms with E-state index in [1.807, 2.05) is 32.0 Å². The molecule has 6 heteroatoms. The third kappa shape index (κ3) is 3.98. The minimum atomic E-state index is -0.504. The van der Waals surface area contributed by atoms with E-state index >= 15 is 0 Å². The summed E-state index contributed by atoms with van der Waals surface area (Å²) >= 11 is 0. The van der Waals surface area contributed by atoms with E-state index in [1.54, 1.807) is 12.1 Å². The number of carbonyl (C=O) groups excluding carboxylic acids is 1. The summed E-state index contributed by atoms with van der Waals surface area (Å²) in [7, 11) is 0. The van der Waals surface area contributed by atoms with Gasteiger partial charge < -0.3 is 10.6 Å². The molecule has 1 amide bonds. The fourth-order valence-electron chi connectivity index (χ4n) is 2.24. The summed E-state index contributed by atoms with van der Waals surface area (Å²) < 4.78 is 13.6. The minimum Gasteiger partial charge on any atom is -0.324 e. The number of halogens is 1. The number of hydrogen-bond acceptors (Lipinski definition) is 4. The van der Waals surface area contributed by atoms with Crippen LogP contribution in [0.4, 0.5) is 21.7 Å². The first kappa shape index (κ1) is 16.6. The Morgan fingerprint density at radius 1 is 1.04 bits per heavy atom. The van der Waals surface area contributed by atoms with Crippen molar-refractivity contribution >= 4 is 23.2 Å². The van der Waals surface area contributed by atoms with Crippen LogP contribution in [0.1, 0.15) is 21.6 Å². The summed E-state index contributed by atoms with van der Waals surface area (Å²) in [5.74, 6) is -0.710. The Bertz CT molecular complexity index is 927. The molecule has 0 radical (unpaired) electrons. The summed E-state index contributed by atoms with van der Waals surface area (Å²) in [4.78, 5) is 20.6. The van der Waals surface area contributed by atoms with Crippen molar-refractivity contribution in [2.24, 2.45) is 0 Å². The van der Waals surface area contributed by atoms with Crippen molar-refractivity contribution in [1.29, 1.82) is 0 Å². The average Bonchev–Trinajstić information content (AvgIpc) is 2.60. The molecular formula is C19H17FN4O. The minimum absolute atomic E-state index is 0.106. The summed E-state index contributed by atoms with van der Waals surface area (Å²) in [5.41, 5.74) is 3.40. The highest BCUT2D eigenvalue weighted by Gasteiger charge is 2.11. The highest BCUT2D eigenvalue weighted by Crippen LogP contribution is 2.18. The monoisotopic (exact) mass is 336 g/mol.